The second-order valence-electron chi connectivity index (χ2n) is 3.78. The van der Waals surface area contributed by atoms with Gasteiger partial charge in [-0.1, -0.05) is 6.07 Å². The highest BCUT2D eigenvalue weighted by atomic mass is 15.2. The summed E-state index contributed by atoms with van der Waals surface area (Å²) in [6, 6.07) is 4.46. The topological polar surface area (TPSA) is 42.1 Å². The van der Waals surface area contributed by atoms with Crippen molar-refractivity contribution >= 4 is 0 Å². The average Bonchev–Trinajstić information content (AvgIpc) is 2.74. The monoisotopic (exact) mass is 191 g/mol. The van der Waals surface area contributed by atoms with Crippen LogP contribution in [0.15, 0.2) is 24.5 Å². The van der Waals surface area contributed by atoms with Crippen molar-refractivity contribution in [1.29, 1.82) is 0 Å². The van der Waals surface area contributed by atoms with Crippen molar-refractivity contribution in [3.05, 3.63) is 30.1 Å². The van der Waals surface area contributed by atoms with E-state index in [9.17, 15) is 0 Å². The SMILES string of the molecule is NC[C@H](c1cccnc1)N1CCCC1. The van der Waals surface area contributed by atoms with E-state index in [2.05, 4.69) is 16.0 Å². The molecule has 1 aromatic rings. The second-order valence-corrected chi connectivity index (χ2v) is 3.78. The van der Waals surface area contributed by atoms with Gasteiger partial charge in [0.1, 0.15) is 0 Å². The molecule has 1 aliphatic rings. The Hall–Kier alpha value is -0.930. The highest BCUT2D eigenvalue weighted by molar-refractivity contribution is 5.14. The van der Waals surface area contributed by atoms with Gasteiger partial charge in [0.05, 0.1) is 0 Å². The van der Waals surface area contributed by atoms with E-state index in [1.165, 1.54) is 31.5 Å². The zero-order chi connectivity index (χ0) is 9.80. The van der Waals surface area contributed by atoms with Crippen molar-refractivity contribution < 1.29 is 0 Å². The van der Waals surface area contributed by atoms with Crippen LogP contribution in [-0.2, 0) is 0 Å². The minimum Gasteiger partial charge on any atom is -0.329 e. The molecule has 0 saturated carbocycles. The largest absolute Gasteiger partial charge is 0.329 e. The van der Waals surface area contributed by atoms with Crippen molar-refractivity contribution in [3.63, 3.8) is 0 Å². The smallest absolute Gasteiger partial charge is 0.0485 e. The van der Waals surface area contributed by atoms with Crippen LogP contribution in [0.5, 0.6) is 0 Å². The molecule has 3 nitrogen and oxygen atoms in total. The van der Waals surface area contributed by atoms with Crippen LogP contribution in [0.4, 0.5) is 0 Å². The Morgan fingerprint density at radius 3 is 2.79 bits per heavy atom. The van der Waals surface area contributed by atoms with Gasteiger partial charge in [-0.25, -0.2) is 0 Å². The van der Waals surface area contributed by atoms with E-state index in [0.717, 1.165) is 0 Å². The lowest BCUT2D eigenvalue weighted by Crippen LogP contribution is -2.31. The molecule has 1 saturated heterocycles. The molecule has 2 rings (SSSR count). The minimum absolute atomic E-state index is 0.367. The maximum absolute atomic E-state index is 5.82. The van der Waals surface area contributed by atoms with Gasteiger partial charge in [-0.3, -0.25) is 9.88 Å². The van der Waals surface area contributed by atoms with Crippen LogP contribution in [0.3, 0.4) is 0 Å². The molecule has 0 bridgehead atoms. The van der Waals surface area contributed by atoms with Gasteiger partial charge in [-0.15, -0.1) is 0 Å². The minimum atomic E-state index is 0.367. The number of nitrogens with two attached hydrogens (primary N) is 1. The van der Waals surface area contributed by atoms with Gasteiger partial charge >= 0.3 is 0 Å². The standard InChI is InChI=1S/C11H17N3/c12-8-11(14-6-1-2-7-14)10-4-3-5-13-9-10/h3-5,9,11H,1-2,6-8,12H2/t11-/m1/s1. The van der Waals surface area contributed by atoms with Gasteiger partial charge in [-0.2, -0.15) is 0 Å². The molecule has 14 heavy (non-hydrogen) atoms. The van der Waals surface area contributed by atoms with Crippen LogP contribution in [0.2, 0.25) is 0 Å². The first kappa shape index (κ1) is 9.62. The fraction of sp³-hybridized carbons (Fsp3) is 0.545. The van der Waals surface area contributed by atoms with E-state index in [1.54, 1.807) is 6.20 Å². The molecular weight excluding hydrogens is 174 g/mol. The van der Waals surface area contributed by atoms with Crippen LogP contribution in [-0.4, -0.2) is 29.5 Å². The van der Waals surface area contributed by atoms with E-state index < -0.39 is 0 Å². The van der Waals surface area contributed by atoms with Crippen molar-refractivity contribution in [2.24, 2.45) is 5.73 Å². The molecule has 1 fully saturated rings. The maximum atomic E-state index is 5.82. The summed E-state index contributed by atoms with van der Waals surface area (Å²) in [4.78, 5) is 6.60. The number of likely N-dealkylation sites (tertiary alicyclic amines) is 1. The van der Waals surface area contributed by atoms with Crippen LogP contribution >= 0.6 is 0 Å². The third-order valence-electron chi connectivity index (χ3n) is 2.87. The van der Waals surface area contributed by atoms with Gasteiger partial charge in [0, 0.05) is 25.0 Å². The summed E-state index contributed by atoms with van der Waals surface area (Å²) in [5, 5.41) is 0. The van der Waals surface area contributed by atoms with E-state index in [4.69, 9.17) is 5.73 Å². The molecular formula is C11H17N3. The summed E-state index contributed by atoms with van der Waals surface area (Å²) >= 11 is 0. The Morgan fingerprint density at radius 1 is 1.43 bits per heavy atom. The lowest BCUT2D eigenvalue weighted by Gasteiger charge is -2.26. The fourth-order valence-electron chi connectivity index (χ4n) is 2.12. The molecule has 76 valence electrons. The molecule has 0 amide bonds. The molecule has 0 radical (unpaired) electrons. The van der Waals surface area contributed by atoms with Gasteiger partial charge < -0.3 is 5.73 Å². The summed E-state index contributed by atoms with van der Waals surface area (Å²) in [7, 11) is 0. The predicted molar refractivity (Wildman–Crippen MR) is 56.8 cm³/mol. The lowest BCUT2D eigenvalue weighted by atomic mass is 10.1. The van der Waals surface area contributed by atoms with Crippen LogP contribution in [0, 0.1) is 0 Å². The highest BCUT2D eigenvalue weighted by Crippen LogP contribution is 2.22. The van der Waals surface area contributed by atoms with Crippen LogP contribution in [0.1, 0.15) is 24.4 Å². The van der Waals surface area contributed by atoms with E-state index in [1.807, 2.05) is 12.3 Å². The summed E-state index contributed by atoms with van der Waals surface area (Å²) in [6.45, 7) is 3.04. The average molecular weight is 191 g/mol. The Kier molecular flexibility index (Phi) is 3.11. The normalized spacial score (nSPS) is 19.8. The van der Waals surface area contributed by atoms with Crippen LogP contribution < -0.4 is 5.73 Å². The molecule has 0 spiro atoms. The third kappa shape index (κ3) is 1.94. The first-order valence-electron chi connectivity index (χ1n) is 5.26. The number of pyridine rings is 1. The lowest BCUT2D eigenvalue weighted by molar-refractivity contribution is 0.251. The van der Waals surface area contributed by atoms with Crippen molar-refractivity contribution in [3.8, 4) is 0 Å². The number of hydrogen-bond acceptors (Lipinski definition) is 3. The summed E-state index contributed by atoms with van der Waals surface area (Å²) in [5.41, 5.74) is 7.06. The van der Waals surface area contributed by atoms with Crippen molar-refractivity contribution in [2.75, 3.05) is 19.6 Å². The molecule has 3 heteroatoms. The zero-order valence-electron chi connectivity index (χ0n) is 8.39. The van der Waals surface area contributed by atoms with Gasteiger partial charge in [0.15, 0.2) is 0 Å². The highest BCUT2D eigenvalue weighted by Gasteiger charge is 2.21. The molecule has 1 atom stereocenters. The number of aromatic nitrogens is 1. The Balaban J connectivity index is 2.12. The van der Waals surface area contributed by atoms with Gasteiger partial charge in [0.25, 0.3) is 0 Å². The second kappa shape index (κ2) is 4.53. The van der Waals surface area contributed by atoms with Gasteiger partial charge in [-0.05, 0) is 37.6 Å². The number of hydrogen-bond donors (Lipinski definition) is 1. The number of nitrogens with zero attached hydrogens (tertiary/aromatic N) is 2. The summed E-state index contributed by atoms with van der Waals surface area (Å²) < 4.78 is 0. The first-order valence-corrected chi connectivity index (χ1v) is 5.26. The Morgan fingerprint density at radius 2 is 2.21 bits per heavy atom. The predicted octanol–water partition coefficient (Wildman–Crippen LogP) is 1.18. The van der Waals surface area contributed by atoms with Crippen molar-refractivity contribution in [1.82, 2.24) is 9.88 Å². The summed E-state index contributed by atoms with van der Waals surface area (Å²) in [5.74, 6) is 0. The Labute approximate surface area is 84.9 Å². The maximum Gasteiger partial charge on any atom is 0.0485 e. The zero-order valence-corrected chi connectivity index (χ0v) is 8.39. The number of rotatable bonds is 3. The third-order valence-corrected chi connectivity index (χ3v) is 2.87. The van der Waals surface area contributed by atoms with E-state index >= 15 is 0 Å². The first-order chi connectivity index (χ1) is 6.92. The summed E-state index contributed by atoms with van der Waals surface area (Å²) in [6.07, 6.45) is 6.34. The van der Waals surface area contributed by atoms with E-state index in [0.29, 0.717) is 12.6 Å². The van der Waals surface area contributed by atoms with E-state index in [-0.39, 0.29) is 0 Å². The fourth-order valence-corrected chi connectivity index (χ4v) is 2.12. The molecule has 0 unspecified atom stereocenters. The molecule has 1 aliphatic heterocycles. The molecule has 2 N–H and O–H groups in total. The molecule has 1 aromatic heterocycles. The molecule has 2 heterocycles. The molecule has 0 aromatic carbocycles. The van der Waals surface area contributed by atoms with Gasteiger partial charge in [0.2, 0.25) is 0 Å². The van der Waals surface area contributed by atoms with Crippen molar-refractivity contribution in [2.45, 2.75) is 18.9 Å². The molecule has 0 aliphatic carbocycles. The Bertz CT molecular complexity index is 267. The quantitative estimate of drug-likeness (QED) is 0.780. The van der Waals surface area contributed by atoms with Crippen LogP contribution in [0.25, 0.3) is 0 Å².